The third-order valence-electron chi connectivity index (χ3n) is 4.44. The van der Waals surface area contributed by atoms with Crippen LogP contribution in [0.5, 0.6) is 0 Å². The van der Waals surface area contributed by atoms with Crippen LogP contribution in [0.15, 0.2) is 18.2 Å². The van der Waals surface area contributed by atoms with Gasteiger partial charge < -0.3 is 15.4 Å². The standard InChI is InChI=1S/C18H25Cl2N7O2/c1-12(2)27-24-17(23-25-27)9-22-18(28)21-8-14-11-26(5-6-29-14)10-13-3-4-15(19)16(20)7-13/h3-4,7,12,14H,5-6,8-11H2,1-2H3,(H2,21,22,28). The SMILES string of the molecule is CC(C)n1nnc(CNC(=O)NCC2CN(Cc3ccc(Cl)c(Cl)c3)CCO2)n1. The molecule has 1 aromatic heterocycles. The molecule has 0 spiro atoms. The van der Waals surface area contributed by atoms with Crippen LogP contribution >= 0.6 is 23.2 Å². The fourth-order valence-corrected chi connectivity index (χ4v) is 3.24. The van der Waals surface area contributed by atoms with Gasteiger partial charge in [-0.15, -0.1) is 10.2 Å². The quantitative estimate of drug-likeness (QED) is 0.683. The number of rotatable bonds is 7. The van der Waals surface area contributed by atoms with Gasteiger partial charge in [-0.1, -0.05) is 29.3 Å². The lowest BCUT2D eigenvalue weighted by atomic mass is 10.2. The number of carbonyl (C=O) groups is 1. The Balaban J connectivity index is 1.40. The molecule has 158 valence electrons. The van der Waals surface area contributed by atoms with Crippen molar-refractivity contribution in [3.8, 4) is 0 Å². The number of halogens is 2. The van der Waals surface area contributed by atoms with E-state index in [0.717, 1.165) is 18.7 Å². The highest BCUT2D eigenvalue weighted by Gasteiger charge is 2.21. The van der Waals surface area contributed by atoms with Crippen LogP contribution in [0.3, 0.4) is 0 Å². The van der Waals surface area contributed by atoms with Crippen LogP contribution < -0.4 is 10.6 Å². The zero-order valence-electron chi connectivity index (χ0n) is 16.4. The van der Waals surface area contributed by atoms with Gasteiger partial charge in [-0.25, -0.2) is 4.79 Å². The van der Waals surface area contributed by atoms with E-state index in [0.29, 0.717) is 35.6 Å². The van der Waals surface area contributed by atoms with Gasteiger partial charge in [-0.3, -0.25) is 4.90 Å². The number of carbonyl (C=O) groups excluding carboxylic acids is 1. The van der Waals surface area contributed by atoms with Crippen molar-refractivity contribution in [1.82, 2.24) is 35.7 Å². The lowest BCUT2D eigenvalue weighted by Gasteiger charge is -2.33. The molecule has 1 aliphatic heterocycles. The predicted octanol–water partition coefficient (Wildman–Crippen LogP) is 2.26. The molecule has 0 aliphatic carbocycles. The number of nitrogens with zero attached hydrogens (tertiary/aromatic N) is 5. The fourth-order valence-electron chi connectivity index (χ4n) is 2.92. The number of hydrogen-bond acceptors (Lipinski definition) is 6. The highest BCUT2D eigenvalue weighted by molar-refractivity contribution is 6.42. The van der Waals surface area contributed by atoms with E-state index in [-0.39, 0.29) is 24.7 Å². The molecule has 9 nitrogen and oxygen atoms in total. The molecule has 0 bridgehead atoms. The van der Waals surface area contributed by atoms with Crippen LogP contribution in [0.2, 0.25) is 10.0 Å². The van der Waals surface area contributed by atoms with Gasteiger partial charge in [-0.05, 0) is 36.8 Å². The third-order valence-corrected chi connectivity index (χ3v) is 5.18. The number of amides is 2. The Morgan fingerprint density at radius 2 is 2.14 bits per heavy atom. The largest absolute Gasteiger partial charge is 0.374 e. The number of hydrogen-bond donors (Lipinski definition) is 2. The van der Waals surface area contributed by atoms with Gasteiger partial charge in [-0.2, -0.15) is 4.80 Å². The molecule has 3 rings (SSSR count). The average molecular weight is 442 g/mol. The average Bonchev–Trinajstić information content (AvgIpc) is 3.17. The van der Waals surface area contributed by atoms with E-state index in [1.54, 1.807) is 6.07 Å². The molecule has 1 fully saturated rings. The van der Waals surface area contributed by atoms with Gasteiger partial charge in [0.2, 0.25) is 0 Å². The molecule has 1 aromatic carbocycles. The zero-order chi connectivity index (χ0) is 20.8. The summed E-state index contributed by atoms with van der Waals surface area (Å²) in [5.74, 6) is 0.468. The second-order valence-corrected chi connectivity index (χ2v) is 7.97. The van der Waals surface area contributed by atoms with Gasteiger partial charge in [0.1, 0.15) is 0 Å². The first kappa shape index (κ1) is 21.8. The number of tetrazole rings is 1. The Morgan fingerprint density at radius 1 is 1.31 bits per heavy atom. The topological polar surface area (TPSA) is 97.2 Å². The predicted molar refractivity (Wildman–Crippen MR) is 110 cm³/mol. The first-order chi connectivity index (χ1) is 13.9. The molecule has 0 radical (unpaired) electrons. The van der Waals surface area contributed by atoms with E-state index in [4.69, 9.17) is 27.9 Å². The summed E-state index contributed by atoms with van der Waals surface area (Å²) in [6.07, 6.45) is -0.0859. The number of benzene rings is 1. The molecule has 11 heteroatoms. The van der Waals surface area contributed by atoms with Crippen LogP contribution in [0.25, 0.3) is 0 Å². The Labute approximate surface area is 179 Å². The fraction of sp³-hybridized carbons (Fsp3) is 0.556. The van der Waals surface area contributed by atoms with Crippen molar-refractivity contribution in [2.45, 2.75) is 39.1 Å². The van der Waals surface area contributed by atoms with Gasteiger partial charge in [0.15, 0.2) is 5.82 Å². The normalized spacial score (nSPS) is 17.5. The van der Waals surface area contributed by atoms with Gasteiger partial charge in [0.05, 0.1) is 35.3 Å². The van der Waals surface area contributed by atoms with E-state index in [9.17, 15) is 4.79 Å². The molecular weight excluding hydrogens is 417 g/mol. The number of urea groups is 1. The summed E-state index contributed by atoms with van der Waals surface area (Å²) in [5.41, 5.74) is 1.09. The molecule has 2 amide bonds. The van der Waals surface area contributed by atoms with E-state index >= 15 is 0 Å². The maximum absolute atomic E-state index is 12.0. The number of aromatic nitrogens is 4. The smallest absolute Gasteiger partial charge is 0.315 e. The Hall–Kier alpha value is -1.94. The summed E-state index contributed by atoms with van der Waals surface area (Å²) in [4.78, 5) is 15.8. The number of ether oxygens (including phenoxy) is 1. The lowest BCUT2D eigenvalue weighted by molar-refractivity contribution is -0.0287. The van der Waals surface area contributed by atoms with Crippen molar-refractivity contribution in [1.29, 1.82) is 0 Å². The monoisotopic (exact) mass is 441 g/mol. The molecule has 0 saturated carbocycles. The Bertz CT molecular complexity index is 830. The van der Waals surface area contributed by atoms with E-state index in [1.807, 2.05) is 26.0 Å². The zero-order valence-corrected chi connectivity index (χ0v) is 17.9. The summed E-state index contributed by atoms with van der Waals surface area (Å²) in [7, 11) is 0. The molecular formula is C18H25Cl2N7O2. The van der Waals surface area contributed by atoms with Crippen molar-refractivity contribution in [3.05, 3.63) is 39.6 Å². The second-order valence-electron chi connectivity index (χ2n) is 7.16. The van der Waals surface area contributed by atoms with Gasteiger partial charge in [0.25, 0.3) is 0 Å². The highest BCUT2D eigenvalue weighted by atomic mass is 35.5. The Kier molecular flexibility index (Phi) is 7.65. The minimum Gasteiger partial charge on any atom is -0.374 e. The van der Waals surface area contributed by atoms with Crippen LogP contribution in [0.4, 0.5) is 4.79 Å². The number of morpholine rings is 1. The maximum Gasteiger partial charge on any atom is 0.315 e. The molecule has 2 N–H and O–H groups in total. The van der Waals surface area contributed by atoms with Crippen LogP contribution in [-0.4, -0.2) is 63.5 Å². The molecule has 2 heterocycles. The van der Waals surface area contributed by atoms with Gasteiger partial charge in [0, 0.05) is 26.2 Å². The van der Waals surface area contributed by atoms with E-state index in [1.165, 1.54) is 4.80 Å². The third kappa shape index (κ3) is 6.53. The lowest BCUT2D eigenvalue weighted by Crippen LogP contribution is -2.48. The minimum absolute atomic E-state index is 0.0859. The summed E-state index contributed by atoms with van der Waals surface area (Å²) in [6.45, 7) is 7.44. The van der Waals surface area contributed by atoms with Crippen molar-refractivity contribution >= 4 is 29.2 Å². The van der Waals surface area contributed by atoms with Crippen molar-refractivity contribution in [3.63, 3.8) is 0 Å². The number of nitrogens with one attached hydrogen (secondary N) is 2. The molecule has 1 saturated heterocycles. The summed E-state index contributed by atoms with van der Waals surface area (Å²) < 4.78 is 5.76. The molecule has 29 heavy (non-hydrogen) atoms. The summed E-state index contributed by atoms with van der Waals surface area (Å²) in [6, 6.07) is 5.48. The molecule has 1 aliphatic rings. The summed E-state index contributed by atoms with van der Waals surface area (Å²) in [5, 5.41) is 18.7. The van der Waals surface area contributed by atoms with Crippen molar-refractivity contribution in [2.24, 2.45) is 0 Å². The van der Waals surface area contributed by atoms with Crippen LogP contribution in [0, 0.1) is 0 Å². The van der Waals surface area contributed by atoms with E-state index in [2.05, 4.69) is 30.9 Å². The maximum atomic E-state index is 12.0. The first-order valence-corrected chi connectivity index (χ1v) is 10.2. The second kappa shape index (κ2) is 10.2. The summed E-state index contributed by atoms with van der Waals surface area (Å²) >= 11 is 12.1. The van der Waals surface area contributed by atoms with Crippen molar-refractivity contribution in [2.75, 3.05) is 26.2 Å². The van der Waals surface area contributed by atoms with Crippen LogP contribution in [-0.2, 0) is 17.8 Å². The molecule has 2 aromatic rings. The van der Waals surface area contributed by atoms with E-state index < -0.39 is 0 Å². The van der Waals surface area contributed by atoms with Crippen molar-refractivity contribution < 1.29 is 9.53 Å². The minimum atomic E-state index is -0.295. The van der Waals surface area contributed by atoms with Crippen LogP contribution in [0.1, 0.15) is 31.3 Å². The van der Waals surface area contributed by atoms with Gasteiger partial charge >= 0.3 is 6.03 Å². The first-order valence-electron chi connectivity index (χ1n) is 9.48. The molecule has 1 unspecified atom stereocenters. The highest BCUT2D eigenvalue weighted by Crippen LogP contribution is 2.23. The molecule has 1 atom stereocenters. The Morgan fingerprint density at radius 3 is 2.86 bits per heavy atom.